The smallest absolute Gasteiger partial charge is 0.255 e. The number of benzene rings is 1. The molecule has 0 spiro atoms. The Hall–Kier alpha value is -1.51. The number of amides is 1. The van der Waals surface area contributed by atoms with Crippen molar-refractivity contribution in [2.24, 2.45) is 10.8 Å². The Bertz CT molecular complexity index is 530. The number of aromatic hydroxyl groups is 1. The molecule has 1 amide bonds. The highest BCUT2D eigenvalue weighted by Gasteiger charge is 2.39. The summed E-state index contributed by atoms with van der Waals surface area (Å²) < 4.78 is 0. The minimum atomic E-state index is -0.172. The number of aryl methyl sites for hydroxylation is 1. The number of nitrogens with one attached hydrogen (secondary N) is 1. The molecule has 0 atom stereocenters. The number of phenolic OH excluding ortho intramolecular Hbond substituents is 1. The molecule has 0 aromatic heterocycles. The van der Waals surface area contributed by atoms with Gasteiger partial charge in [-0.3, -0.25) is 4.79 Å². The molecule has 0 radical (unpaired) electrons. The molecule has 21 heavy (non-hydrogen) atoms. The maximum Gasteiger partial charge on any atom is 0.255 e. The molecule has 1 aliphatic rings. The molecule has 2 rings (SSSR count). The van der Waals surface area contributed by atoms with Gasteiger partial charge in [-0.2, -0.15) is 0 Å². The molecular weight excluding hydrogens is 262 g/mol. The number of rotatable bonds is 2. The van der Waals surface area contributed by atoms with Crippen molar-refractivity contribution in [3.8, 4) is 5.75 Å². The second-order valence-electron chi connectivity index (χ2n) is 8.05. The Balaban J connectivity index is 2.14. The summed E-state index contributed by atoms with van der Waals surface area (Å²) in [7, 11) is 0. The van der Waals surface area contributed by atoms with Crippen LogP contribution in [0.1, 0.15) is 62.9 Å². The fraction of sp³-hybridized carbons (Fsp3) is 0.611. The van der Waals surface area contributed by atoms with Crippen LogP contribution in [0.4, 0.5) is 0 Å². The lowest BCUT2D eigenvalue weighted by molar-refractivity contribution is 0.0712. The van der Waals surface area contributed by atoms with E-state index in [1.807, 2.05) is 0 Å². The first kappa shape index (κ1) is 15.9. The van der Waals surface area contributed by atoms with E-state index in [0.29, 0.717) is 5.56 Å². The molecule has 1 saturated carbocycles. The molecule has 1 aromatic carbocycles. The standard InChI is InChI=1S/C18H27NO2/c1-12-7-6-8-14(15(12)20)16(21)19-13-9-17(2,3)11-18(4,5)10-13/h6-8,13,20H,9-11H2,1-5H3,(H,19,21). The maximum absolute atomic E-state index is 12.4. The van der Waals surface area contributed by atoms with E-state index in [0.717, 1.165) is 18.4 Å². The zero-order valence-corrected chi connectivity index (χ0v) is 13.8. The molecule has 1 aliphatic carbocycles. The third-order valence-electron chi connectivity index (χ3n) is 4.37. The van der Waals surface area contributed by atoms with Crippen molar-refractivity contribution in [1.29, 1.82) is 0 Å². The largest absolute Gasteiger partial charge is 0.507 e. The van der Waals surface area contributed by atoms with Crippen molar-refractivity contribution < 1.29 is 9.90 Å². The van der Waals surface area contributed by atoms with Gasteiger partial charge in [-0.1, -0.05) is 39.8 Å². The van der Waals surface area contributed by atoms with Crippen LogP contribution in [-0.4, -0.2) is 17.1 Å². The van der Waals surface area contributed by atoms with E-state index in [2.05, 4.69) is 33.0 Å². The highest BCUT2D eigenvalue weighted by molar-refractivity contribution is 5.97. The van der Waals surface area contributed by atoms with Crippen LogP contribution in [0.3, 0.4) is 0 Å². The van der Waals surface area contributed by atoms with Gasteiger partial charge in [0.05, 0.1) is 5.56 Å². The number of carbonyl (C=O) groups is 1. The third kappa shape index (κ3) is 3.78. The topological polar surface area (TPSA) is 49.3 Å². The van der Waals surface area contributed by atoms with Gasteiger partial charge in [-0.25, -0.2) is 0 Å². The lowest BCUT2D eigenvalue weighted by Gasteiger charge is -2.45. The first-order chi connectivity index (χ1) is 9.60. The zero-order chi connectivity index (χ0) is 15.8. The van der Waals surface area contributed by atoms with Crippen LogP contribution in [-0.2, 0) is 0 Å². The van der Waals surface area contributed by atoms with Crippen LogP contribution in [0.15, 0.2) is 18.2 Å². The van der Waals surface area contributed by atoms with E-state index in [9.17, 15) is 9.90 Å². The van der Waals surface area contributed by atoms with Gasteiger partial charge in [0.2, 0.25) is 0 Å². The summed E-state index contributed by atoms with van der Waals surface area (Å²) in [6.45, 7) is 10.8. The van der Waals surface area contributed by atoms with E-state index in [1.54, 1.807) is 25.1 Å². The van der Waals surface area contributed by atoms with Crippen molar-refractivity contribution >= 4 is 5.91 Å². The Labute approximate surface area is 127 Å². The first-order valence-corrected chi connectivity index (χ1v) is 7.69. The summed E-state index contributed by atoms with van der Waals surface area (Å²) in [4.78, 5) is 12.4. The summed E-state index contributed by atoms with van der Waals surface area (Å²) in [5.74, 6) is -0.0842. The van der Waals surface area contributed by atoms with Gasteiger partial charge < -0.3 is 10.4 Å². The van der Waals surface area contributed by atoms with Gasteiger partial charge in [0.25, 0.3) is 5.91 Å². The minimum Gasteiger partial charge on any atom is -0.507 e. The Morgan fingerprint density at radius 2 is 1.76 bits per heavy atom. The van der Waals surface area contributed by atoms with Crippen LogP contribution in [0.2, 0.25) is 0 Å². The SMILES string of the molecule is Cc1cccc(C(=O)NC2CC(C)(C)CC(C)(C)C2)c1O. The number of para-hydroxylation sites is 1. The molecule has 1 aromatic rings. The fourth-order valence-electron chi connectivity index (χ4n) is 4.05. The van der Waals surface area contributed by atoms with Crippen molar-refractivity contribution in [1.82, 2.24) is 5.32 Å². The normalized spacial score (nSPS) is 21.0. The lowest BCUT2D eigenvalue weighted by atomic mass is 9.63. The molecule has 2 N–H and O–H groups in total. The lowest BCUT2D eigenvalue weighted by Crippen LogP contribution is -2.46. The molecule has 0 aliphatic heterocycles. The predicted octanol–water partition coefficient (Wildman–Crippen LogP) is 4.04. The van der Waals surface area contributed by atoms with Crippen LogP contribution in [0.5, 0.6) is 5.75 Å². The summed E-state index contributed by atoms with van der Waals surface area (Å²) in [5.41, 5.74) is 1.56. The third-order valence-corrected chi connectivity index (χ3v) is 4.37. The quantitative estimate of drug-likeness (QED) is 0.863. The number of phenols is 1. The van der Waals surface area contributed by atoms with E-state index in [4.69, 9.17) is 0 Å². The highest BCUT2D eigenvalue weighted by atomic mass is 16.3. The molecule has 0 saturated heterocycles. The molecule has 116 valence electrons. The summed E-state index contributed by atoms with van der Waals surface area (Å²) >= 11 is 0. The first-order valence-electron chi connectivity index (χ1n) is 7.69. The zero-order valence-electron chi connectivity index (χ0n) is 13.8. The van der Waals surface area contributed by atoms with Crippen molar-refractivity contribution in [3.05, 3.63) is 29.3 Å². The molecule has 3 heteroatoms. The number of hydrogen-bond donors (Lipinski definition) is 2. The second-order valence-corrected chi connectivity index (χ2v) is 8.05. The van der Waals surface area contributed by atoms with E-state index in [1.165, 1.54) is 6.42 Å². The molecule has 0 bridgehead atoms. The van der Waals surface area contributed by atoms with E-state index < -0.39 is 0 Å². The fourth-order valence-corrected chi connectivity index (χ4v) is 4.05. The monoisotopic (exact) mass is 289 g/mol. The van der Waals surface area contributed by atoms with Crippen molar-refractivity contribution in [2.75, 3.05) is 0 Å². The van der Waals surface area contributed by atoms with Gasteiger partial charge in [0, 0.05) is 6.04 Å². The Morgan fingerprint density at radius 1 is 1.19 bits per heavy atom. The summed E-state index contributed by atoms with van der Waals surface area (Å²) in [6.07, 6.45) is 3.13. The minimum absolute atomic E-state index is 0.0873. The van der Waals surface area contributed by atoms with E-state index in [-0.39, 0.29) is 28.5 Å². The second kappa shape index (κ2) is 5.36. The Kier molecular flexibility index (Phi) is 4.05. The van der Waals surface area contributed by atoms with E-state index >= 15 is 0 Å². The molecule has 3 nitrogen and oxygen atoms in total. The molecule has 1 fully saturated rings. The molecule has 0 heterocycles. The average Bonchev–Trinajstić information content (AvgIpc) is 2.28. The van der Waals surface area contributed by atoms with Gasteiger partial charge in [0.1, 0.15) is 5.75 Å². The predicted molar refractivity (Wildman–Crippen MR) is 85.5 cm³/mol. The molecular formula is C18H27NO2. The van der Waals surface area contributed by atoms with Gasteiger partial charge in [-0.15, -0.1) is 0 Å². The van der Waals surface area contributed by atoms with Crippen LogP contribution in [0, 0.1) is 17.8 Å². The van der Waals surface area contributed by atoms with Crippen LogP contribution < -0.4 is 5.32 Å². The van der Waals surface area contributed by atoms with Crippen molar-refractivity contribution in [3.63, 3.8) is 0 Å². The number of hydrogen-bond acceptors (Lipinski definition) is 2. The van der Waals surface area contributed by atoms with Gasteiger partial charge in [-0.05, 0) is 48.6 Å². The van der Waals surface area contributed by atoms with Crippen molar-refractivity contribution in [2.45, 2.75) is 59.9 Å². The van der Waals surface area contributed by atoms with Crippen LogP contribution >= 0.6 is 0 Å². The summed E-state index contributed by atoms with van der Waals surface area (Å²) in [6, 6.07) is 5.45. The Morgan fingerprint density at radius 3 is 2.33 bits per heavy atom. The van der Waals surface area contributed by atoms with Gasteiger partial charge >= 0.3 is 0 Å². The summed E-state index contributed by atoms with van der Waals surface area (Å²) in [5, 5.41) is 13.2. The number of carbonyl (C=O) groups excluding carboxylic acids is 1. The van der Waals surface area contributed by atoms with Gasteiger partial charge in [0.15, 0.2) is 0 Å². The van der Waals surface area contributed by atoms with Crippen LogP contribution in [0.25, 0.3) is 0 Å². The highest BCUT2D eigenvalue weighted by Crippen LogP contribution is 2.45. The molecule has 0 unspecified atom stereocenters. The average molecular weight is 289 g/mol. The maximum atomic E-state index is 12.4.